The van der Waals surface area contributed by atoms with E-state index >= 15 is 0 Å². The summed E-state index contributed by atoms with van der Waals surface area (Å²) in [6.45, 7) is 0.956. The summed E-state index contributed by atoms with van der Waals surface area (Å²) in [6.07, 6.45) is 2.78. The number of nitrogens with two attached hydrogens (primary N) is 1. The Hall–Kier alpha value is -1.43. The lowest BCUT2D eigenvalue weighted by Gasteiger charge is -2.03. The Morgan fingerprint density at radius 3 is 3.07 bits per heavy atom. The Morgan fingerprint density at radius 2 is 2.50 bits per heavy atom. The van der Waals surface area contributed by atoms with Crippen molar-refractivity contribution in [2.45, 2.75) is 19.4 Å². The number of hydrogen-bond acceptors (Lipinski definition) is 4. The van der Waals surface area contributed by atoms with Crippen LogP contribution in [0.1, 0.15) is 18.7 Å². The third kappa shape index (κ3) is 3.14. The second-order valence-corrected chi connectivity index (χ2v) is 3.03. The smallest absolute Gasteiger partial charge is 0.220 e. The van der Waals surface area contributed by atoms with Crippen LogP contribution in [0.3, 0.4) is 0 Å². The van der Waals surface area contributed by atoms with E-state index in [1.807, 2.05) is 7.05 Å². The summed E-state index contributed by atoms with van der Waals surface area (Å²) in [5.41, 5.74) is 5.29. The molecule has 0 saturated heterocycles. The van der Waals surface area contributed by atoms with Gasteiger partial charge in [-0.05, 0) is 13.0 Å². The van der Waals surface area contributed by atoms with Crippen LogP contribution in [0.5, 0.6) is 0 Å². The minimum atomic E-state index is -0.00144. The van der Waals surface area contributed by atoms with Crippen molar-refractivity contribution in [3.8, 4) is 0 Å². The maximum atomic E-state index is 11.2. The van der Waals surface area contributed by atoms with Gasteiger partial charge in [0.2, 0.25) is 5.91 Å². The van der Waals surface area contributed by atoms with Crippen molar-refractivity contribution in [1.29, 1.82) is 0 Å². The van der Waals surface area contributed by atoms with Crippen molar-refractivity contribution in [3.63, 3.8) is 0 Å². The highest BCUT2D eigenvalue weighted by atomic mass is 16.1. The number of rotatable bonds is 5. The molecule has 1 rings (SSSR count). The fourth-order valence-corrected chi connectivity index (χ4v) is 0.996. The Bertz CT molecular complexity index is 296. The molecule has 0 aliphatic carbocycles. The van der Waals surface area contributed by atoms with Crippen molar-refractivity contribution in [2.75, 3.05) is 6.54 Å². The molecule has 0 spiro atoms. The topological polar surface area (TPSA) is 85.8 Å². The minimum absolute atomic E-state index is 0.00144. The zero-order valence-electron chi connectivity index (χ0n) is 8.23. The summed E-state index contributed by atoms with van der Waals surface area (Å²) in [5, 5.41) is 10.3. The zero-order chi connectivity index (χ0) is 10.4. The Morgan fingerprint density at radius 1 is 1.71 bits per heavy atom. The first-order valence-electron chi connectivity index (χ1n) is 4.53. The molecule has 0 unspecified atom stereocenters. The Labute approximate surface area is 82.5 Å². The predicted octanol–water partition coefficient (Wildman–Crippen LogP) is -0.830. The maximum Gasteiger partial charge on any atom is 0.220 e. The Kier molecular flexibility index (Phi) is 4.06. The molecule has 0 atom stereocenters. The van der Waals surface area contributed by atoms with Crippen LogP contribution in [-0.2, 0) is 18.4 Å². The van der Waals surface area contributed by atoms with E-state index in [1.165, 1.54) is 0 Å². The van der Waals surface area contributed by atoms with Crippen LogP contribution in [0.15, 0.2) is 6.33 Å². The number of amides is 1. The number of aromatic nitrogens is 3. The molecule has 6 heteroatoms. The van der Waals surface area contributed by atoms with Crippen LogP contribution in [0.4, 0.5) is 0 Å². The van der Waals surface area contributed by atoms with Crippen molar-refractivity contribution in [2.24, 2.45) is 12.8 Å². The van der Waals surface area contributed by atoms with E-state index in [0.29, 0.717) is 25.9 Å². The molecule has 0 aliphatic rings. The van der Waals surface area contributed by atoms with Gasteiger partial charge in [-0.3, -0.25) is 4.79 Å². The van der Waals surface area contributed by atoms with Crippen LogP contribution < -0.4 is 11.1 Å². The molecule has 1 heterocycles. The number of hydrogen-bond donors (Lipinski definition) is 2. The predicted molar refractivity (Wildman–Crippen MR) is 51.1 cm³/mol. The van der Waals surface area contributed by atoms with Gasteiger partial charge in [-0.25, -0.2) is 0 Å². The molecule has 0 radical (unpaired) electrons. The second-order valence-electron chi connectivity index (χ2n) is 3.03. The number of aryl methyl sites for hydroxylation is 1. The summed E-state index contributed by atoms with van der Waals surface area (Å²) in [4.78, 5) is 11.2. The van der Waals surface area contributed by atoms with Gasteiger partial charge in [0, 0.05) is 13.5 Å². The van der Waals surface area contributed by atoms with Gasteiger partial charge >= 0.3 is 0 Å². The van der Waals surface area contributed by atoms with Crippen LogP contribution in [0.25, 0.3) is 0 Å². The van der Waals surface area contributed by atoms with Crippen molar-refractivity contribution in [3.05, 3.63) is 12.2 Å². The summed E-state index contributed by atoms with van der Waals surface area (Å²) in [6, 6.07) is 0. The molecule has 0 aromatic carbocycles. The first-order valence-corrected chi connectivity index (χ1v) is 4.53. The summed E-state index contributed by atoms with van der Waals surface area (Å²) >= 11 is 0. The molecule has 1 aromatic rings. The van der Waals surface area contributed by atoms with Gasteiger partial charge in [0.15, 0.2) is 5.82 Å². The van der Waals surface area contributed by atoms with E-state index < -0.39 is 0 Å². The number of carbonyl (C=O) groups is 1. The third-order valence-corrected chi connectivity index (χ3v) is 1.86. The van der Waals surface area contributed by atoms with Gasteiger partial charge in [-0.15, -0.1) is 10.2 Å². The van der Waals surface area contributed by atoms with Gasteiger partial charge in [0.05, 0.1) is 6.54 Å². The minimum Gasteiger partial charge on any atom is -0.349 e. The second kappa shape index (κ2) is 5.33. The number of nitrogens with one attached hydrogen (secondary N) is 1. The lowest BCUT2D eigenvalue weighted by Crippen LogP contribution is -2.24. The molecule has 14 heavy (non-hydrogen) atoms. The molecule has 0 bridgehead atoms. The quantitative estimate of drug-likeness (QED) is 0.645. The van der Waals surface area contributed by atoms with Crippen molar-refractivity contribution >= 4 is 5.91 Å². The average molecular weight is 197 g/mol. The van der Waals surface area contributed by atoms with Gasteiger partial charge in [0.1, 0.15) is 6.33 Å². The molecule has 0 saturated carbocycles. The van der Waals surface area contributed by atoms with Gasteiger partial charge in [-0.1, -0.05) is 0 Å². The SMILES string of the molecule is Cn1cnnc1CNC(=O)CCCN. The summed E-state index contributed by atoms with van der Waals surface area (Å²) in [5.74, 6) is 0.740. The Balaban J connectivity index is 2.27. The number of carbonyl (C=O) groups excluding carboxylic acids is 1. The van der Waals surface area contributed by atoms with E-state index in [1.54, 1.807) is 10.9 Å². The van der Waals surface area contributed by atoms with E-state index in [9.17, 15) is 4.79 Å². The van der Waals surface area contributed by atoms with E-state index in [-0.39, 0.29) is 5.91 Å². The molecule has 0 aliphatic heterocycles. The van der Waals surface area contributed by atoms with Crippen LogP contribution in [-0.4, -0.2) is 27.2 Å². The monoisotopic (exact) mass is 197 g/mol. The highest BCUT2D eigenvalue weighted by molar-refractivity contribution is 5.75. The van der Waals surface area contributed by atoms with E-state index in [4.69, 9.17) is 5.73 Å². The molecule has 78 valence electrons. The van der Waals surface area contributed by atoms with Crippen molar-refractivity contribution in [1.82, 2.24) is 20.1 Å². The first-order chi connectivity index (χ1) is 6.74. The standard InChI is InChI=1S/C8H15N5O/c1-13-6-11-12-7(13)5-10-8(14)3-2-4-9/h6H,2-5,9H2,1H3,(H,10,14). The highest BCUT2D eigenvalue weighted by Gasteiger charge is 2.03. The molecule has 6 nitrogen and oxygen atoms in total. The average Bonchev–Trinajstić information content (AvgIpc) is 2.58. The molecule has 1 aromatic heterocycles. The van der Waals surface area contributed by atoms with Gasteiger partial charge < -0.3 is 15.6 Å². The molecule has 1 amide bonds. The molecular formula is C8H15N5O. The summed E-state index contributed by atoms with van der Waals surface area (Å²) in [7, 11) is 1.83. The van der Waals surface area contributed by atoms with Crippen LogP contribution >= 0.6 is 0 Å². The molecular weight excluding hydrogens is 182 g/mol. The van der Waals surface area contributed by atoms with Gasteiger partial charge in [-0.2, -0.15) is 0 Å². The van der Waals surface area contributed by atoms with E-state index in [2.05, 4.69) is 15.5 Å². The molecule has 0 fully saturated rings. The fraction of sp³-hybridized carbons (Fsp3) is 0.625. The largest absolute Gasteiger partial charge is 0.349 e. The lowest BCUT2D eigenvalue weighted by molar-refractivity contribution is -0.121. The normalized spacial score (nSPS) is 10.1. The van der Waals surface area contributed by atoms with Gasteiger partial charge in [0.25, 0.3) is 0 Å². The maximum absolute atomic E-state index is 11.2. The summed E-state index contributed by atoms with van der Waals surface area (Å²) < 4.78 is 1.77. The number of nitrogens with zero attached hydrogens (tertiary/aromatic N) is 3. The fourth-order valence-electron chi connectivity index (χ4n) is 0.996. The third-order valence-electron chi connectivity index (χ3n) is 1.86. The van der Waals surface area contributed by atoms with Crippen LogP contribution in [0, 0.1) is 0 Å². The van der Waals surface area contributed by atoms with Crippen LogP contribution in [0.2, 0.25) is 0 Å². The van der Waals surface area contributed by atoms with Crippen molar-refractivity contribution < 1.29 is 4.79 Å². The van der Waals surface area contributed by atoms with E-state index in [0.717, 1.165) is 5.82 Å². The zero-order valence-corrected chi connectivity index (χ0v) is 8.23. The molecule has 3 N–H and O–H groups in total. The highest BCUT2D eigenvalue weighted by Crippen LogP contribution is 1.91. The lowest BCUT2D eigenvalue weighted by atomic mass is 10.3. The first kappa shape index (κ1) is 10.6.